The van der Waals surface area contributed by atoms with Gasteiger partial charge >= 0.3 is 12.1 Å². The van der Waals surface area contributed by atoms with Gasteiger partial charge in [-0.3, -0.25) is 4.79 Å². The van der Waals surface area contributed by atoms with Crippen LogP contribution in [0.2, 0.25) is 0 Å². The second-order valence-electron chi connectivity index (χ2n) is 3.35. The summed E-state index contributed by atoms with van der Waals surface area (Å²) in [7, 11) is 1.23. The summed E-state index contributed by atoms with van der Waals surface area (Å²) < 4.78 is 35.9. The number of hydrogen-bond acceptors (Lipinski definition) is 1. The Morgan fingerprint density at radius 3 is 2.15 bits per heavy atom. The first-order valence-corrected chi connectivity index (χ1v) is 4.27. The van der Waals surface area contributed by atoms with E-state index in [1.165, 1.54) is 7.05 Å². The molecule has 13 heavy (non-hydrogen) atoms. The summed E-state index contributed by atoms with van der Waals surface area (Å²) in [5.41, 5.74) is 0. The van der Waals surface area contributed by atoms with E-state index in [0.29, 0.717) is 12.8 Å². The van der Waals surface area contributed by atoms with Gasteiger partial charge in [-0.25, -0.2) is 0 Å². The van der Waals surface area contributed by atoms with Gasteiger partial charge in [-0.2, -0.15) is 13.2 Å². The highest BCUT2D eigenvalue weighted by Gasteiger charge is 2.43. The summed E-state index contributed by atoms with van der Waals surface area (Å²) in [6.45, 7) is 0. The standard InChI is InChI=1S/C8H12F3NO/c1-12(6-4-2-3-5-6)7(13)8(9,10)11/h6H,2-5H2,1H3. The SMILES string of the molecule is CN(C(=O)C(F)(F)F)C1CCCC1. The topological polar surface area (TPSA) is 20.3 Å². The number of amides is 1. The minimum atomic E-state index is -4.72. The summed E-state index contributed by atoms with van der Waals surface area (Å²) in [4.78, 5) is 11.6. The Kier molecular flexibility index (Phi) is 2.83. The number of halogens is 3. The Bertz CT molecular complexity index is 196. The van der Waals surface area contributed by atoms with Gasteiger partial charge in [0.1, 0.15) is 0 Å². The molecule has 1 amide bonds. The second-order valence-corrected chi connectivity index (χ2v) is 3.35. The molecule has 0 N–H and O–H groups in total. The molecule has 0 aromatic carbocycles. The lowest BCUT2D eigenvalue weighted by atomic mass is 10.2. The van der Waals surface area contributed by atoms with Crippen LogP contribution in [0.3, 0.4) is 0 Å². The monoisotopic (exact) mass is 195 g/mol. The maximum atomic E-state index is 12.0. The van der Waals surface area contributed by atoms with Gasteiger partial charge < -0.3 is 4.90 Å². The quantitative estimate of drug-likeness (QED) is 0.626. The van der Waals surface area contributed by atoms with Crippen LogP contribution in [-0.4, -0.2) is 30.1 Å². The minimum Gasteiger partial charge on any atom is -0.335 e. The number of hydrogen-bond donors (Lipinski definition) is 0. The summed E-state index contributed by atoms with van der Waals surface area (Å²) in [5.74, 6) is -1.72. The van der Waals surface area contributed by atoms with E-state index in [2.05, 4.69) is 0 Å². The van der Waals surface area contributed by atoms with Gasteiger partial charge in [-0.1, -0.05) is 12.8 Å². The third-order valence-electron chi connectivity index (χ3n) is 2.44. The molecule has 0 atom stereocenters. The highest BCUT2D eigenvalue weighted by atomic mass is 19.4. The molecule has 0 aromatic heterocycles. The molecule has 1 aliphatic rings. The average Bonchev–Trinajstić information content (AvgIpc) is 2.51. The molecule has 0 radical (unpaired) electrons. The molecule has 1 rings (SSSR count). The van der Waals surface area contributed by atoms with Crippen molar-refractivity contribution in [2.24, 2.45) is 0 Å². The van der Waals surface area contributed by atoms with E-state index in [0.717, 1.165) is 17.7 Å². The summed E-state index contributed by atoms with van der Waals surface area (Å²) in [6, 6.07) is -0.214. The maximum Gasteiger partial charge on any atom is 0.471 e. The Morgan fingerprint density at radius 1 is 1.31 bits per heavy atom. The van der Waals surface area contributed by atoms with Crippen molar-refractivity contribution in [3.63, 3.8) is 0 Å². The first kappa shape index (κ1) is 10.3. The zero-order chi connectivity index (χ0) is 10.1. The van der Waals surface area contributed by atoms with Gasteiger partial charge in [0.15, 0.2) is 0 Å². The molecule has 0 aliphatic heterocycles. The summed E-state index contributed by atoms with van der Waals surface area (Å²) >= 11 is 0. The van der Waals surface area contributed by atoms with Crippen LogP contribution in [0.1, 0.15) is 25.7 Å². The van der Waals surface area contributed by atoms with Gasteiger partial charge in [0, 0.05) is 13.1 Å². The largest absolute Gasteiger partial charge is 0.471 e. The smallest absolute Gasteiger partial charge is 0.335 e. The van der Waals surface area contributed by atoms with Crippen LogP contribution in [-0.2, 0) is 4.79 Å². The Balaban J connectivity index is 2.56. The zero-order valence-corrected chi connectivity index (χ0v) is 7.40. The number of alkyl halides is 3. The van der Waals surface area contributed by atoms with Crippen molar-refractivity contribution in [1.29, 1.82) is 0 Å². The number of nitrogens with zero attached hydrogens (tertiary/aromatic N) is 1. The lowest BCUT2D eigenvalue weighted by molar-refractivity contribution is -0.186. The molecule has 0 spiro atoms. The Hall–Kier alpha value is -0.740. The first-order chi connectivity index (χ1) is 5.93. The first-order valence-electron chi connectivity index (χ1n) is 4.27. The summed E-state index contributed by atoms with van der Waals surface area (Å²) in [5, 5.41) is 0. The predicted octanol–water partition coefficient (Wildman–Crippen LogP) is 1.95. The maximum absolute atomic E-state index is 12.0. The third kappa shape index (κ3) is 2.35. The van der Waals surface area contributed by atoms with Gasteiger partial charge in [0.25, 0.3) is 0 Å². The highest BCUT2D eigenvalue weighted by molar-refractivity contribution is 5.81. The van der Waals surface area contributed by atoms with E-state index in [9.17, 15) is 18.0 Å². The minimum absolute atomic E-state index is 0.214. The van der Waals surface area contributed by atoms with E-state index in [-0.39, 0.29) is 6.04 Å². The average molecular weight is 195 g/mol. The molecular formula is C8H12F3NO. The highest BCUT2D eigenvalue weighted by Crippen LogP contribution is 2.26. The van der Waals surface area contributed by atoms with Crippen molar-refractivity contribution in [2.45, 2.75) is 37.9 Å². The lowest BCUT2D eigenvalue weighted by Gasteiger charge is -2.24. The molecule has 0 aromatic rings. The predicted molar refractivity (Wildman–Crippen MR) is 41.1 cm³/mol. The molecule has 0 heterocycles. The van der Waals surface area contributed by atoms with E-state index < -0.39 is 12.1 Å². The fourth-order valence-electron chi connectivity index (χ4n) is 1.66. The molecule has 5 heteroatoms. The van der Waals surface area contributed by atoms with Crippen LogP contribution >= 0.6 is 0 Å². The van der Waals surface area contributed by atoms with Crippen LogP contribution < -0.4 is 0 Å². The number of carbonyl (C=O) groups excluding carboxylic acids is 1. The summed E-state index contributed by atoms with van der Waals surface area (Å²) in [6.07, 6.45) is -1.51. The second kappa shape index (κ2) is 3.55. The van der Waals surface area contributed by atoms with Crippen molar-refractivity contribution >= 4 is 5.91 Å². The normalized spacial score (nSPS) is 19.1. The molecule has 0 saturated heterocycles. The molecule has 0 bridgehead atoms. The van der Waals surface area contributed by atoms with Gasteiger partial charge in [-0.15, -0.1) is 0 Å². The Morgan fingerprint density at radius 2 is 1.77 bits per heavy atom. The van der Waals surface area contributed by atoms with Crippen LogP contribution in [0.5, 0.6) is 0 Å². The fraction of sp³-hybridized carbons (Fsp3) is 0.875. The molecular weight excluding hydrogens is 183 g/mol. The fourth-order valence-corrected chi connectivity index (χ4v) is 1.66. The third-order valence-corrected chi connectivity index (χ3v) is 2.44. The van der Waals surface area contributed by atoms with E-state index in [4.69, 9.17) is 0 Å². The van der Waals surface area contributed by atoms with Crippen molar-refractivity contribution in [2.75, 3.05) is 7.05 Å². The zero-order valence-electron chi connectivity index (χ0n) is 7.40. The number of rotatable bonds is 1. The van der Waals surface area contributed by atoms with Crippen LogP contribution in [0, 0.1) is 0 Å². The van der Waals surface area contributed by atoms with E-state index in [1.54, 1.807) is 0 Å². The molecule has 1 aliphatic carbocycles. The van der Waals surface area contributed by atoms with Crippen molar-refractivity contribution in [3.05, 3.63) is 0 Å². The van der Waals surface area contributed by atoms with Crippen LogP contribution in [0.15, 0.2) is 0 Å². The van der Waals surface area contributed by atoms with Crippen LogP contribution in [0.25, 0.3) is 0 Å². The van der Waals surface area contributed by atoms with Gasteiger partial charge in [-0.05, 0) is 12.8 Å². The molecule has 76 valence electrons. The Labute approximate surface area is 74.7 Å². The molecule has 1 saturated carbocycles. The van der Waals surface area contributed by atoms with Crippen molar-refractivity contribution < 1.29 is 18.0 Å². The van der Waals surface area contributed by atoms with E-state index in [1.807, 2.05) is 0 Å². The van der Waals surface area contributed by atoms with Gasteiger partial charge in [0.2, 0.25) is 0 Å². The van der Waals surface area contributed by atoms with Crippen LogP contribution in [0.4, 0.5) is 13.2 Å². The van der Waals surface area contributed by atoms with Crippen molar-refractivity contribution in [1.82, 2.24) is 4.90 Å². The van der Waals surface area contributed by atoms with Crippen molar-refractivity contribution in [3.8, 4) is 0 Å². The van der Waals surface area contributed by atoms with Gasteiger partial charge in [0.05, 0.1) is 0 Å². The number of carbonyl (C=O) groups is 1. The molecule has 0 unspecified atom stereocenters. The molecule has 2 nitrogen and oxygen atoms in total. The van der Waals surface area contributed by atoms with E-state index >= 15 is 0 Å². The lowest BCUT2D eigenvalue weighted by Crippen LogP contribution is -2.43. The molecule has 1 fully saturated rings.